The van der Waals surface area contributed by atoms with Gasteiger partial charge in [0.2, 0.25) is 0 Å². The van der Waals surface area contributed by atoms with Crippen molar-refractivity contribution in [1.82, 2.24) is 4.90 Å². The summed E-state index contributed by atoms with van der Waals surface area (Å²) in [5, 5.41) is 6.97. The van der Waals surface area contributed by atoms with Crippen LogP contribution in [0.3, 0.4) is 0 Å². The van der Waals surface area contributed by atoms with Crippen LogP contribution in [-0.2, 0) is 4.74 Å². The van der Waals surface area contributed by atoms with Gasteiger partial charge in [-0.3, -0.25) is 0 Å². The van der Waals surface area contributed by atoms with Gasteiger partial charge < -0.3 is 20.3 Å². The van der Waals surface area contributed by atoms with E-state index in [2.05, 4.69) is 30.5 Å². The summed E-state index contributed by atoms with van der Waals surface area (Å²) >= 11 is 6.15. The fourth-order valence-corrected chi connectivity index (χ4v) is 3.94. The Labute approximate surface area is 195 Å². The zero-order chi connectivity index (χ0) is 23.6. The number of carbonyl (C=O) groups excluding carboxylic acids is 1. The van der Waals surface area contributed by atoms with E-state index < -0.39 is 11.4 Å². The SMILES string of the molecule is Cc1cccc(C(C)C)c1Nc1c(F)cc(Cl)cc1NCC1CN(C(=O)OC(C)(C)C)C1. The third-order valence-corrected chi connectivity index (χ3v) is 5.64. The standard InChI is InChI=1S/C25H33ClFN3O2/c1-15(2)19-9-7-8-16(3)22(19)29-23-20(27)10-18(26)11-21(23)28-12-17-13-30(14-17)24(31)32-25(4,5)6/h7-11,15,17,28-29H,12-14H2,1-6H3. The van der Waals surface area contributed by atoms with Crippen LogP contribution in [0.5, 0.6) is 0 Å². The summed E-state index contributed by atoms with van der Waals surface area (Å²) in [7, 11) is 0. The summed E-state index contributed by atoms with van der Waals surface area (Å²) in [5.41, 5.74) is 3.54. The van der Waals surface area contributed by atoms with Gasteiger partial charge in [-0.05, 0) is 56.9 Å². The van der Waals surface area contributed by atoms with E-state index in [1.165, 1.54) is 6.07 Å². The highest BCUT2D eigenvalue weighted by molar-refractivity contribution is 6.31. The Kier molecular flexibility index (Phi) is 7.23. The predicted molar refractivity (Wildman–Crippen MR) is 130 cm³/mol. The average molecular weight is 462 g/mol. The van der Waals surface area contributed by atoms with Crippen LogP contribution in [0.4, 0.5) is 26.2 Å². The Hall–Kier alpha value is -2.47. The number of amides is 1. The molecule has 0 atom stereocenters. The second-order valence-corrected chi connectivity index (χ2v) is 10.2. The molecule has 0 radical (unpaired) electrons. The molecule has 2 aromatic rings. The molecular weight excluding hydrogens is 429 g/mol. The third kappa shape index (κ3) is 5.85. The number of likely N-dealkylation sites (tertiary alicyclic amines) is 1. The van der Waals surface area contributed by atoms with Crippen molar-refractivity contribution in [3.8, 4) is 0 Å². The number of hydrogen-bond donors (Lipinski definition) is 2. The van der Waals surface area contributed by atoms with Gasteiger partial charge in [0.25, 0.3) is 0 Å². The van der Waals surface area contributed by atoms with Crippen LogP contribution in [0.25, 0.3) is 0 Å². The van der Waals surface area contributed by atoms with E-state index in [9.17, 15) is 9.18 Å². The van der Waals surface area contributed by atoms with Crippen molar-refractivity contribution in [2.24, 2.45) is 5.92 Å². The van der Waals surface area contributed by atoms with Gasteiger partial charge in [-0.2, -0.15) is 0 Å². The summed E-state index contributed by atoms with van der Waals surface area (Å²) in [4.78, 5) is 13.8. The first kappa shape index (κ1) is 24.2. The van der Waals surface area contributed by atoms with Crippen LogP contribution in [0.15, 0.2) is 30.3 Å². The Morgan fingerprint density at radius 1 is 1.25 bits per heavy atom. The molecule has 1 aliphatic heterocycles. The Balaban J connectivity index is 1.71. The molecule has 1 fully saturated rings. The van der Waals surface area contributed by atoms with Gasteiger partial charge in [-0.1, -0.05) is 43.6 Å². The smallest absolute Gasteiger partial charge is 0.410 e. The number of rotatable bonds is 6. The van der Waals surface area contributed by atoms with Crippen molar-refractivity contribution in [3.63, 3.8) is 0 Å². The molecule has 0 saturated carbocycles. The number of para-hydroxylation sites is 1. The molecule has 1 amide bonds. The van der Waals surface area contributed by atoms with Crippen LogP contribution in [-0.4, -0.2) is 36.2 Å². The molecule has 0 aliphatic carbocycles. The van der Waals surface area contributed by atoms with E-state index >= 15 is 0 Å². The van der Waals surface area contributed by atoms with Gasteiger partial charge in [0.15, 0.2) is 0 Å². The fourth-order valence-electron chi connectivity index (χ4n) is 3.74. The number of aryl methyl sites for hydroxylation is 1. The molecule has 174 valence electrons. The number of nitrogens with zero attached hydrogens (tertiary/aromatic N) is 1. The second-order valence-electron chi connectivity index (χ2n) is 9.76. The molecule has 2 aromatic carbocycles. The maximum atomic E-state index is 15.0. The van der Waals surface area contributed by atoms with Crippen LogP contribution >= 0.6 is 11.6 Å². The molecule has 0 bridgehead atoms. The largest absolute Gasteiger partial charge is 0.444 e. The minimum absolute atomic E-state index is 0.252. The van der Waals surface area contributed by atoms with E-state index in [1.54, 1.807) is 11.0 Å². The lowest BCUT2D eigenvalue weighted by Crippen LogP contribution is -2.53. The maximum Gasteiger partial charge on any atom is 0.410 e. The predicted octanol–water partition coefficient (Wildman–Crippen LogP) is 6.93. The Morgan fingerprint density at radius 2 is 1.94 bits per heavy atom. The Bertz CT molecular complexity index is 982. The molecule has 1 saturated heterocycles. The highest BCUT2D eigenvalue weighted by Gasteiger charge is 2.33. The molecule has 3 rings (SSSR count). The first-order valence-corrected chi connectivity index (χ1v) is 11.4. The summed E-state index contributed by atoms with van der Waals surface area (Å²) in [6, 6.07) is 9.12. The highest BCUT2D eigenvalue weighted by atomic mass is 35.5. The van der Waals surface area contributed by atoms with Gasteiger partial charge in [0.05, 0.1) is 11.4 Å². The van der Waals surface area contributed by atoms with Crippen molar-refractivity contribution in [2.45, 2.75) is 53.1 Å². The molecule has 1 aliphatic rings. The maximum absolute atomic E-state index is 15.0. The van der Waals surface area contributed by atoms with Gasteiger partial charge in [0, 0.05) is 36.3 Å². The lowest BCUT2D eigenvalue weighted by atomic mass is 9.98. The number of anilines is 3. The van der Waals surface area contributed by atoms with E-state index in [0.717, 1.165) is 16.8 Å². The zero-order valence-corrected chi connectivity index (χ0v) is 20.4. The summed E-state index contributed by atoms with van der Waals surface area (Å²) in [6.45, 7) is 13.6. The molecule has 2 N–H and O–H groups in total. The number of hydrogen-bond acceptors (Lipinski definition) is 4. The second kappa shape index (κ2) is 9.57. The van der Waals surface area contributed by atoms with Crippen LogP contribution in [0.1, 0.15) is 51.7 Å². The van der Waals surface area contributed by atoms with E-state index in [-0.39, 0.29) is 17.9 Å². The molecule has 1 heterocycles. The van der Waals surface area contributed by atoms with Crippen LogP contribution < -0.4 is 10.6 Å². The Morgan fingerprint density at radius 3 is 2.56 bits per heavy atom. The van der Waals surface area contributed by atoms with Gasteiger partial charge >= 0.3 is 6.09 Å². The topological polar surface area (TPSA) is 53.6 Å². The molecule has 0 unspecified atom stereocenters. The monoisotopic (exact) mass is 461 g/mol. The minimum Gasteiger partial charge on any atom is -0.444 e. The average Bonchev–Trinajstić information content (AvgIpc) is 2.62. The lowest BCUT2D eigenvalue weighted by molar-refractivity contribution is 0.000846. The first-order valence-electron chi connectivity index (χ1n) is 11.0. The van der Waals surface area contributed by atoms with Crippen LogP contribution in [0.2, 0.25) is 5.02 Å². The van der Waals surface area contributed by atoms with Gasteiger partial charge in [0.1, 0.15) is 11.4 Å². The van der Waals surface area contributed by atoms with Crippen molar-refractivity contribution in [2.75, 3.05) is 30.3 Å². The first-order chi connectivity index (χ1) is 14.9. The molecule has 0 spiro atoms. The van der Waals surface area contributed by atoms with Crippen molar-refractivity contribution < 1.29 is 13.9 Å². The fraction of sp³-hybridized carbons (Fsp3) is 0.480. The summed E-state index contributed by atoms with van der Waals surface area (Å²) in [5.74, 6) is 0.127. The summed E-state index contributed by atoms with van der Waals surface area (Å²) in [6.07, 6.45) is -0.300. The minimum atomic E-state index is -0.510. The zero-order valence-electron chi connectivity index (χ0n) is 19.7. The van der Waals surface area contributed by atoms with Crippen molar-refractivity contribution in [1.29, 1.82) is 0 Å². The van der Waals surface area contributed by atoms with Crippen molar-refractivity contribution >= 4 is 34.8 Å². The molecule has 7 heteroatoms. The van der Waals surface area contributed by atoms with Crippen LogP contribution in [0, 0.1) is 18.7 Å². The number of ether oxygens (including phenoxy) is 1. The van der Waals surface area contributed by atoms with E-state index in [4.69, 9.17) is 16.3 Å². The van der Waals surface area contributed by atoms with Gasteiger partial charge in [-0.15, -0.1) is 0 Å². The number of halogens is 2. The highest BCUT2D eigenvalue weighted by Crippen LogP contribution is 2.36. The van der Waals surface area contributed by atoms with E-state index in [0.29, 0.717) is 36.0 Å². The number of nitrogens with one attached hydrogen (secondary N) is 2. The van der Waals surface area contributed by atoms with E-state index in [1.807, 2.05) is 39.8 Å². The molecule has 5 nitrogen and oxygen atoms in total. The van der Waals surface area contributed by atoms with Gasteiger partial charge in [-0.25, -0.2) is 9.18 Å². The molecule has 32 heavy (non-hydrogen) atoms. The quantitative estimate of drug-likeness (QED) is 0.489. The van der Waals surface area contributed by atoms with Crippen molar-refractivity contribution in [3.05, 3.63) is 52.3 Å². The molecular formula is C25H33ClFN3O2. The number of carbonyl (C=O) groups is 1. The summed E-state index contributed by atoms with van der Waals surface area (Å²) < 4.78 is 20.4. The third-order valence-electron chi connectivity index (χ3n) is 5.42. The normalized spacial score (nSPS) is 14.3. The molecule has 0 aromatic heterocycles. The lowest BCUT2D eigenvalue weighted by Gasteiger charge is -2.40. The number of benzene rings is 2.